The Kier molecular flexibility index (Phi) is 3.91. The van der Waals surface area contributed by atoms with E-state index in [4.69, 9.17) is 4.42 Å². The van der Waals surface area contributed by atoms with Gasteiger partial charge in [-0.2, -0.15) is 0 Å². The molecule has 0 atom stereocenters. The summed E-state index contributed by atoms with van der Waals surface area (Å²) in [4.78, 5) is 25.0. The van der Waals surface area contributed by atoms with Crippen molar-refractivity contribution >= 4 is 11.6 Å². The summed E-state index contributed by atoms with van der Waals surface area (Å²) < 4.78 is 5.29. The number of hydrogen-bond donors (Lipinski definition) is 0. The van der Waals surface area contributed by atoms with E-state index in [1.165, 1.54) is 18.4 Å². The predicted molar refractivity (Wildman–Crippen MR) is 80.6 cm³/mol. The monoisotopic (exact) mass is 300 g/mol. The minimum Gasteiger partial charge on any atom is -0.464 e. The maximum atomic E-state index is 12.6. The minimum absolute atomic E-state index is 0.103. The SMILES string of the molecule is O=C(c1cc(-c2ccco2)cc([N+](=O)[O-])c1)N1CCCCC1. The zero-order chi connectivity index (χ0) is 15.5. The molecule has 0 bridgehead atoms. The van der Waals surface area contributed by atoms with Gasteiger partial charge in [-0.15, -0.1) is 0 Å². The average molecular weight is 300 g/mol. The Morgan fingerprint density at radius 1 is 1.18 bits per heavy atom. The summed E-state index contributed by atoms with van der Waals surface area (Å²) >= 11 is 0. The molecule has 2 aromatic rings. The lowest BCUT2D eigenvalue weighted by molar-refractivity contribution is -0.384. The maximum absolute atomic E-state index is 12.6. The number of rotatable bonds is 3. The van der Waals surface area contributed by atoms with Gasteiger partial charge in [0.1, 0.15) is 5.76 Å². The highest BCUT2D eigenvalue weighted by Crippen LogP contribution is 2.27. The van der Waals surface area contributed by atoms with Crippen LogP contribution in [0.3, 0.4) is 0 Å². The summed E-state index contributed by atoms with van der Waals surface area (Å²) in [6.45, 7) is 1.41. The molecule has 0 aliphatic carbocycles. The first-order chi connectivity index (χ1) is 10.6. The standard InChI is InChI=1S/C16H16N2O4/c19-16(17-6-2-1-3-7-17)13-9-12(15-5-4-8-22-15)10-14(11-13)18(20)21/h4-5,8-11H,1-3,6-7H2. The van der Waals surface area contributed by atoms with E-state index in [0.29, 0.717) is 30.0 Å². The van der Waals surface area contributed by atoms with Gasteiger partial charge in [0.05, 0.1) is 11.2 Å². The first-order valence-corrected chi connectivity index (χ1v) is 7.28. The fourth-order valence-electron chi connectivity index (χ4n) is 2.70. The molecule has 0 N–H and O–H groups in total. The molecule has 0 unspecified atom stereocenters. The van der Waals surface area contributed by atoms with Crippen LogP contribution < -0.4 is 0 Å². The fraction of sp³-hybridized carbons (Fsp3) is 0.312. The first kappa shape index (κ1) is 14.3. The topological polar surface area (TPSA) is 76.6 Å². The molecule has 6 nitrogen and oxygen atoms in total. The van der Waals surface area contributed by atoms with Crippen molar-refractivity contribution in [2.45, 2.75) is 19.3 Å². The number of piperidine rings is 1. The number of carbonyl (C=O) groups is 1. The van der Waals surface area contributed by atoms with Crippen LogP contribution in [0.1, 0.15) is 29.6 Å². The molecule has 1 aromatic heterocycles. The van der Waals surface area contributed by atoms with Gasteiger partial charge in [-0.3, -0.25) is 14.9 Å². The molecule has 1 fully saturated rings. The van der Waals surface area contributed by atoms with Crippen molar-refractivity contribution in [1.29, 1.82) is 0 Å². The normalized spacial score (nSPS) is 14.8. The molecular formula is C16H16N2O4. The molecule has 1 aliphatic rings. The van der Waals surface area contributed by atoms with Gasteiger partial charge < -0.3 is 9.32 Å². The summed E-state index contributed by atoms with van der Waals surface area (Å²) in [5, 5.41) is 11.1. The number of amides is 1. The lowest BCUT2D eigenvalue weighted by Gasteiger charge is -2.26. The fourth-order valence-corrected chi connectivity index (χ4v) is 2.70. The van der Waals surface area contributed by atoms with Gasteiger partial charge >= 0.3 is 0 Å². The number of furan rings is 1. The van der Waals surface area contributed by atoms with Gasteiger partial charge in [-0.1, -0.05) is 0 Å². The van der Waals surface area contributed by atoms with Gasteiger partial charge in [0.2, 0.25) is 0 Å². The van der Waals surface area contributed by atoms with Crippen LogP contribution in [0.4, 0.5) is 5.69 Å². The van der Waals surface area contributed by atoms with E-state index in [9.17, 15) is 14.9 Å². The minimum atomic E-state index is -0.487. The van der Waals surface area contributed by atoms with Crippen molar-refractivity contribution in [3.05, 3.63) is 52.3 Å². The third kappa shape index (κ3) is 2.86. The van der Waals surface area contributed by atoms with Crippen LogP contribution in [0.25, 0.3) is 11.3 Å². The summed E-state index contributed by atoms with van der Waals surface area (Å²) in [6, 6.07) is 7.84. The molecule has 1 saturated heterocycles. The Hall–Kier alpha value is -2.63. The van der Waals surface area contributed by atoms with Crippen LogP contribution in [0.15, 0.2) is 41.0 Å². The summed E-state index contributed by atoms with van der Waals surface area (Å²) in [5.41, 5.74) is 0.774. The quantitative estimate of drug-likeness (QED) is 0.642. The number of nitro groups is 1. The number of benzene rings is 1. The molecule has 1 aliphatic heterocycles. The summed E-state index contributed by atoms with van der Waals surface area (Å²) in [5.74, 6) is 0.354. The van der Waals surface area contributed by atoms with Crippen molar-refractivity contribution in [2.75, 3.05) is 13.1 Å². The van der Waals surface area contributed by atoms with Gasteiger partial charge in [0.25, 0.3) is 11.6 Å². The van der Waals surface area contributed by atoms with Crippen LogP contribution in [0.2, 0.25) is 0 Å². The third-order valence-electron chi connectivity index (χ3n) is 3.82. The lowest BCUT2D eigenvalue weighted by Crippen LogP contribution is -2.35. The number of non-ortho nitro benzene ring substituents is 1. The van der Waals surface area contributed by atoms with E-state index < -0.39 is 4.92 Å². The molecule has 3 rings (SSSR count). The van der Waals surface area contributed by atoms with Crippen molar-refractivity contribution in [1.82, 2.24) is 4.90 Å². The van der Waals surface area contributed by atoms with Gasteiger partial charge in [0, 0.05) is 36.3 Å². The van der Waals surface area contributed by atoms with Crippen LogP contribution in [-0.4, -0.2) is 28.8 Å². The van der Waals surface area contributed by atoms with Gasteiger partial charge in [-0.05, 0) is 37.5 Å². The van der Waals surface area contributed by atoms with Crippen molar-refractivity contribution < 1.29 is 14.1 Å². The zero-order valence-electron chi connectivity index (χ0n) is 12.0. The maximum Gasteiger partial charge on any atom is 0.270 e. The third-order valence-corrected chi connectivity index (χ3v) is 3.82. The second kappa shape index (κ2) is 6.01. The van der Waals surface area contributed by atoms with E-state index >= 15 is 0 Å². The molecule has 0 saturated carbocycles. The molecule has 114 valence electrons. The van der Waals surface area contributed by atoms with Gasteiger partial charge in [-0.25, -0.2) is 0 Å². The molecule has 1 amide bonds. The Labute approximate surface area is 127 Å². The largest absolute Gasteiger partial charge is 0.464 e. The number of nitrogens with zero attached hydrogens (tertiary/aromatic N) is 2. The first-order valence-electron chi connectivity index (χ1n) is 7.28. The lowest BCUT2D eigenvalue weighted by atomic mass is 10.0. The molecule has 1 aromatic carbocycles. The molecular weight excluding hydrogens is 284 g/mol. The molecule has 6 heteroatoms. The number of likely N-dealkylation sites (tertiary alicyclic amines) is 1. The van der Waals surface area contributed by atoms with Crippen molar-refractivity contribution in [2.24, 2.45) is 0 Å². The Balaban J connectivity index is 1.99. The molecule has 0 spiro atoms. The van der Waals surface area contributed by atoms with E-state index in [1.807, 2.05) is 0 Å². The van der Waals surface area contributed by atoms with Crippen molar-refractivity contribution in [3.8, 4) is 11.3 Å². The Morgan fingerprint density at radius 3 is 2.59 bits per heavy atom. The van der Waals surface area contributed by atoms with E-state index in [2.05, 4.69) is 0 Å². The molecule has 2 heterocycles. The van der Waals surface area contributed by atoms with E-state index in [-0.39, 0.29) is 11.6 Å². The highest BCUT2D eigenvalue weighted by atomic mass is 16.6. The van der Waals surface area contributed by atoms with Crippen molar-refractivity contribution in [3.63, 3.8) is 0 Å². The summed E-state index contributed by atoms with van der Waals surface area (Å²) in [7, 11) is 0. The number of carbonyl (C=O) groups excluding carboxylic acids is 1. The van der Waals surface area contributed by atoms with Crippen LogP contribution in [0, 0.1) is 10.1 Å². The Morgan fingerprint density at radius 2 is 1.95 bits per heavy atom. The van der Waals surface area contributed by atoms with Crippen LogP contribution in [-0.2, 0) is 0 Å². The number of hydrogen-bond acceptors (Lipinski definition) is 4. The highest BCUT2D eigenvalue weighted by molar-refractivity contribution is 5.96. The average Bonchev–Trinajstić information content (AvgIpc) is 3.09. The Bertz CT molecular complexity index is 688. The predicted octanol–water partition coefficient (Wildman–Crippen LogP) is 3.48. The second-order valence-electron chi connectivity index (χ2n) is 5.36. The zero-order valence-corrected chi connectivity index (χ0v) is 12.0. The highest BCUT2D eigenvalue weighted by Gasteiger charge is 2.22. The van der Waals surface area contributed by atoms with Crippen LogP contribution >= 0.6 is 0 Å². The van der Waals surface area contributed by atoms with Gasteiger partial charge in [0.15, 0.2) is 0 Å². The van der Waals surface area contributed by atoms with Crippen LogP contribution in [0.5, 0.6) is 0 Å². The van der Waals surface area contributed by atoms with E-state index in [1.54, 1.807) is 23.1 Å². The smallest absolute Gasteiger partial charge is 0.270 e. The second-order valence-corrected chi connectivity index (χ2v) is 5.36. The molecule has 0 radical (unpaired) electrons. The summed E-state index contributed by atoms with van der Waals surface area (Å²) in [6.07, 6.45) is 4.58. The van der Waals surface area contributed by atoms with E-state index in [0.717, 1.165) is 19.3 Å². The molecule has 22 heavy (non-hydrogen) atoms. The number of nitro benzene ring substituents is 1.